The van der Waals surface area contributed by atoms with Crippen LogP contribution in [-0.2, 0) is 4.84 Å². The Morgan fingerprint density at radius 2 is 1.87 bits per heavy atom. The van der Waals surface area contributed by atoms with Crippen molar-refractivity contribution in [3.05, 3.63) is 70.5 Å². The molecular weight excluding hydrogens is 425 g/mol. The van der Waals surface area contributed by atoms with Crippen molar-refractivity contribution in [2.75, 3.05) is 7.11 Å². The summed E-state index contributed by atoms with van der Waals surface area (Å²) in [7, 11) is 1.47. The minimum atomic E-state index is -0.675. The van der Waals surface area contributed by atoms with E-state index in [0.29, 0.717) is 44.2 Å². The van der Waals surface area contributed by atoms with Crippen LogP contribution in [0.2, 0.25) is 5.02 Å². The first kappa shape index (κ1) is 20.6. The fourth-order valence-corrected chi connectivity index (χ4v) is 3.43. The number of nitrogens with two attached hydrogens (primary N) is 1. The molecule has 0 aliphatic heterocycles. The number of hydrogen-bond donors (Lipinski definition) is 2. The molecular formula is C22H17ClFN3O4. The van der Waals surface area contributed by atoms with Crippen molar-refractivity contribution in [1.82, 2.24) is 9.97 Å². The fraction of sp³-hybridized carbons (Fsp3) is 0.0909. The molecule has 0 unspecified atom stereocenters. The maximum absolute atomic E-state index is 14.5. The molecule has 3 aromatic carbocycles. The molecule has 31 heavy (non-hydrogen) atoms. The lowest BCUT2D eigenvalue weighted by atomic mass is 10.0. The molecule has 0 bridgehead atoms. The van der Waals surface area contributed by atoms with Crippen molar-refractivity contribution in [2.45, 2.75) is 6.92 Å². The van der Waals surface area contributed by atoms with Gasteiger partial charge in [0.1, 0.15) is 17.3 Å². The summed E-state index contributed by atoms with van der Waals surface area (Å²) in [6, 6.07) is 12.9. The number of carbonyl (C=O) groups excluding carboxylic acids is 1. The van der Waals surface area contributed by atoms with Crippen LogP contribution in [0.1, 0.15) is 15.9 Å². The highest BCUT2D eigenvalue weighted by atomic mass is 35.5. The second-order valence-electron chi connectivity index (χ2n) is 6.72. The van der Waals surface area contributed by atoms with Crippen molar-refractivity contribution >= 4 is 28.6 Å². The van der Waals surface area contributed by atoms with Gasteiger partial charge in [0.2, 0.25) is 0 Å². The van der Waals surface area contributed by atoms with Crippen molar-refractivity contribution in [1.29, 1.82) is 0 Å². The third kappa shape index (κ3) is 4.03. The number of nitrogens with zero attached hydrogens (tertiary/aromatic N) is 1. The molecule has 0 saturated heterocycles. The number of H-pyrrole nitrogens is 1. The van der Waals surface area contributed by atoms with Gasteiger partial charge >= 0.3 is 5.97 Å². The molecule has 0 spiro atoms. The molecule has 7 nitrogen and oxygen atoms in total. The molecule has 0 aliphatic carbocycles. The van der Waals surface area contributed by atoms with Crippen LogP contribution in [0.3, 0.4) is 0 Å². The molecule has 1 aromatic heterocycles. The maximum Gasteiger partial charge on any atom is 0.357 e. The van der Waals surface area contributed by atoms with E-state index in [2.05, 4.69) is 14.8 Å². The number of rotatable bonds is 5. The molecule has 0 saturated carbocycles. The SMILES string of the molecule is COc1ccc(-c2cc3nc(Oc4ccc(C)c(C(=O)ON)c4)[nH]c3cc2Cl)c(F)c1. The molecule has 4 aromatic rings. The summed E-state index contributed by atoms with van der Waals surface area (Å²) in [6.07, 6.45) is 0. The third-order valence-electron chi connectivity index (χ3n) is 4.77. The Morgan fingerprint density at radius 1 is 1.10 bits per heavy atom. The molecule has 0 fully saturated rings. The topological polar surface area (TPSA) is 99.5 Å². The zero-order valence-electron chi connectivity index (χ0n) is 16.5. The summed E-state index contributed by atoms with van der Waals surface area (Å²) in [6.45, 7) is 1.75. The van der Waals surface area contributed by atoms with Gasteiger partial charge in [-0.15, -0.1) is 0 Å². The summed E-state index contributed by atoms with van der Waals surface area (Å²) in [5, 5.41) is 0.343. The Labute approximate surface area is 181 Å². The Kier molecular flexibility index (Phi) is 5.50. The van der Waals surface area contributed by atoms with Gasteiger partial charge in [-0.25, -0.2) is 9.18 Å². The number of halogens is 2. The number of hydrogen-bond acceptors (Lipinski definition) is 6. The van der Waals surface area contributed by atoms with Crippen LogP contribution in [0.15, 0.2) is 48.5 Å². The largest absolute Gasteiger partial charge is 0.497 e. The van der Waals surface area contributed by atoms with Gasteiger partial charge in [0, 0.05) is 17.2 Å². The number of aromatic amines is 1. The molecule has 0 aliphatic rings. The first-order valence-corrected chi connectivity index (χ1v) is 9.50. The average Bonchev–Trinajstić information content (AvgIpc) is 3.14. The van der Waals surface area contributed by atoms with E-state index in [9.17, 15) is 9.18 Å². The van der Waals surface area contributed by atoms with Crippen LogP contribution in [0.5, 0.6) is 17.5 Å². The number of aromatic nitrogens is 2. The van der Waals surface area contributed by atoms with E-state index in [-0.39, 0.29) is 11.6 Å². The highest BCUT2D eigenvalue weighted by molar-refractivity contribution is 6.34. The third-order valence-corrected chi connectivity index (χ3v) is 5.08. The van der Waals surface area contributed by atoms with Gasteiger partial charge in [0.25, 0.3) is 6.01 Å². The Bertz CT molecular complexity index is 1310. The van der Waals surface area contributed by atoms with E-state index in [1.54, 1.807) is 43.3 Å². The standard InChI is InChI=1S/C22H17ClFN3O4/c1-11-3-4-13(7-15(11)21(28)31-25)30-22-26-19-9-16(17(23)10-20(19)27-22)14-6-5-12(29-2)8-18(14)24/h3-10H,25H2,1-2H3,(H,26,27). The van der Waals surface area contributed by atoms with Crippen LogP contribution < -0.4 is 15.4 Å². The van der Waals surface area contributed by atoms with Crippen LogP contribution in [-0.4, -0.2) is 23.0 Å². The fourth-order valence-electron chi connectivity index (χ4n) is 3.16. The normalized spacial score (nSPS) is 10.9. The summed E-state index contributed by atoms with van der Waals surface area (Å²) in [5.41, 5.74) is 2.89. The van der Waals surface area contributed by atoms with Crippen molar-refractivity contribution < 1.29 is 23.5 Å². The monoisotopic (exact) mass is 441 g/mol. The number of aryl methyl sites for hydroxylation is 1. The number of imidazole rings is 1. The van der Waals surface area contributed by atoms with Gasteiger partial charge in [0.15, 0.2) is 0 Å². The quantitative estimate of drug-likeness (QED) is 0.415. The van der Waals surface area contributed by atoms with Crippen LogP contribution >= 0.6 is 11.6 Å². The van der Waals surface area contributed by atoms with Crippen molar-refractivity contribution in [3.63, 3.8) is 0 Å². The lowest BCUT2D eigenvalue weighted by Crippen LogP contribution is -2.11. The predicted octanol–water partition coefficient (Wildman–Crippen LogP) is 5.16. The Balaban J connectivity index is 1.69. The smallest absolute Gasteiger partial charge is 0.357 e. The highest BCUT2D eigenvalue weighted by Crippen LogP contribution is 2.35. The molecule has 0 radical (unpaired) electrons. The highest BCUT2D eigenvalue weighted by Gasteiger charge is 2.16. The van der Waals surface area contributed by atoms with E-state index in [4.69, 9.17) is 27.0 Å². The molecule has 0 atom stereocenters. The van der Waals surface area contributed by atoms with Crippen LogP contribution in [0, 0.1) is 12.7 Å². The van der Waals surface area contributed by atoms with Gasteiger partial charge in [-0.2, -0.15) is 10.9 Å². The number of carbonyl (C=O) groups is 1. The number of fused-ring (bicyclic) bond motifs is 1. The van der Waals surface area contributed by atoms with Gasteiger partial charge in [0.05, 0.1) is 28.7 Å². The zero-order chi connectivity index (χ0) is 22.1. The van der Waals surface area contributed by atoms with Crippen LogP contribution in [0.25, 0.3) is 22.2 Å². The summed E-state index contributed by atoms with van der Waals surface area (Å²) in [4.78, 5) is 23.5. The second-order valence-corrected chi connectivity index (χ2v) is 7.13. The molecule has 0 amide bonds. The number of nitrogens with one attached hydrogen (secondary N) is 1. The van der Waals surface area contributed by atoms with Gasteiger partial charge in [-0.05, 0) is 48.9 Å². The van der Waals surface area contributed by atoms with Gasteiger partial charge in [-0.3, -0.25) is 0 Å². The minimum absolute atomic E-state index is 0.175. The predicted molar refractivity (Wildman–Crippen MR) is 114 cm³/mol. The molecule has 4 rings (SSSR count). The number of methoxy groups -OCH3 is 1. The number of ether oxygens (including phenoxy) is 2. The second kappa shape index (κ2) is 8.25. The van der Waals surface area contributed by atoms with Gasteiger partial charge in [-0.1, -0.05) is 17.7 Å². The first-order valence-electron chi connectivity index (χ1n) is 9.12. The van der Waals surface area contributed by atoms with E-state index in [0.717, 1.165) is 0 Å². The van der Waals surface area contributed by atoms with E-state index in [1.165, 1.54) is 19.2 Å². The molecule has 158 valence electrons. The number of benzene rings is 3. The van der Waals surface area contributed by atoms with E-state index in [1.807, 2.05) is 0 Å². The molecule has 9 heteroatoms. The Hall–Kier alpha value is -3.62. The van der Waals surface area contributed by atoms with Crippen LogP contribution in [0.4, 0.5) is 4.39 Å². The first-order chi connectivity index (χ1) is 14.9. The Morgan fingerprint density at radius 3 is 2.58 bits per heavy atom. The molecule has 3 N–H and O–H groups in total. The zero-order valence-corrected chi connectivity index (χ0v) is 17.3. The lowest BCUT2D eigenvalue weighted by molar-refractivity contribution is 0.0502. The van der Waals surface area contributed by atoms with E-state index < -0.39 is 11.8 Å². The maximum atomic E-state index is 14.5. The summed E-state index contributed by atoms with van der Waals surface area (Å²) < 4.78 is 25.3. The van der Waals surface area contributed by atoms with Crippen molar-refractivity contribution in [2.24, 2.45) is 5.90 Å². The van der Waals surface area contributed by atoms with Crippen molar-refractivity contribution in [3.8, 4) is 28.6 Å². The summed E-state index contributed by atoms with van der Waals surface area (Å²) >= 11 is 6.39. The van der Waals surface area contributed by atoms with Gasteiger partial charge < -0.3 is 19.3 Å². The minimum Gasteiger partial charge on any atom is -0.497 e. The van der Waals surface area contributed by atoms with E-state index >= 15 is 0 Å². The lowest BCUT2D eigenvalue weighted by Gasteiger charge is -2.08. The average molecular weight is 442 g/mol. The summed E-state index contributed by atoms with van der Waals surface area (Å²) in [5.74, 6) is 4.60. The molecule has 1 heterocycles.